The van der Waals surface area contributed by atoms with Crippen molar-refractivity contribution in [3.8, 4) is 0 Å². The second-order valence-electron chi connectivity index (χ2n) is 1.47. The molecule has 4 N–H and O–H groups in total. The Bertz CT molecular complexity index is 163. The third kappa shape index (κ3) is 31.4. The number of rotatable bonds is 2. The van der Waals surface area contributed by atoms with E-state index in [1.54, 1.807) is 0 Å². The standard InChI is InChI=1S/CH6O6P2.4Na/c2-8(3,4)1-9(5,6)7;;;;/h1H2,(H2,2,3,4)(H2,5,6,7);;;;. The van der Waals surface area contributed by atoms with Crippen LogP contribution in [0.25, 0.3) is 0 Å². The summed E-state index contributed by atoms with van der Waals surface area (Å²) >= 11 is 0. The Morgan fingerprint density at radius 1 is 0.692 bits per heavy atom. The van der Waals surface area contributed by atoms with Crippen LogP contribution in [0.1, 0.15) is 0 Å². The van der Waals surface area contributed by atoms with Gasteiger partial charge in [0.05, 0.1) is 0 Å². The van der Waals surface area contributed by atoms with Crippen LogP contribution in [0.4, 0.5) is 0 Å². The van der Waals surface area contributed by atoms with E-state index in [1.807, 2.05) is 0 Å². The fourth-order valence-electron chi connectivity index (χ4n) is 0.240. The topological polar surface area (TPSA) is 115 Å². The third-order valence-electron chi connectivity index (χ3n) is 0.368. The van der Waals surface area contributed by atoms with Crippen molar-refractivity contribution in [2.24, 2.45) is 0 Å². The van der Waals surface area contributed by atoms with E-state index in [1.165, 1.54) is 0 Å². The van der Waals surface area contributed by atoms with E-state index in [-0.39, 0.29) is 118 Å². The molecule has 0 spiro atoms. The predicted octanol–water partition coefficient (Wildman–Crippen LogP) is -2.22. The van der Waals surface area contributed by atoms with Gasteiger partial charge in [0, 0.05) is 118 Å². The molecule has 0 aromatic carbocycles. The summed E-state index contributed by atoms with van der Waals surface area (Å²) in [6.07, 6.45) is 0. The summed E-state index contributed by atoms with van der Waals surface area (Å²) in [4.78, 5) is 31.9. The maximum atomic E-state index is 9.85. The maximum Gasteiger partial charge on any atom is 0.337 e. The summed E-state index contributed by atoms with van der Waals surface area (Å²) in [5, 5.41) is 0. The fourth-order valence-corrected chi connectivity index (χ4v) is 2.16. The van der Waals surface area contributed by atoms with Crippen molar-refractivity contribution in [1.29, 1.82) is 0 Å². The quantitative estimate of drug-likeness (QED) is 0.333. The second kappa shape index (κ2) is 12.7. The van der Waals surface area contributed by atoms with E-state index < -0.39 is 21.1 Å². The smallest absolute Gasteiger partial charge is 0.324 e. The van der Waals surface area contributed by atoms with Crippen molar-refractivity contribution in [3.05, 3.63) is 0 Å². The molecular formula is CH6Na4O6P2. The molecule has 0 rings (SSSR count). The number of hydrogen-bond acceptors (Lipinski definition) is 2. The molecule has 4 radical (unpaired) electrons. The maximum absolute atomic E-state index is 9.85. The molecule has 0 aliphatic heterocycles. The molecule has 0 aliphatic rings. The minimum Gasteiger partial charge on any atom is -0.324 e. The molecular weight excluding hydrogens is 262 g/mol. The van der Waals surface area contributed by atoms with Gasteiger partial charge in [0.2, 0.25) is 0 Å². The largest absolute Gasteiger partial charge is 0.337 e. The summed E-state index contributed by atoms with van der Waals surface area (Å²) in [6, 6.07) is 0. The Hall–Kier alpha value is 4.30. The Balaban J connectivity index is -0.0000000533. The molecule has 13 heavy (non-hydrogen) atoms. The summed E-state index contributed by atoms with van der Waals surface area (Å²) in [7, 11) is -9.10. The van der Waals surface area contributed by atoms with Crippen LogP contribution in [0.15, 0.2) is 0 Å². The van der Waals surface area contributed by atoms with Crippen LogP contribution in [-0.4, -0.2) is 144 Å². The Morgan fingerprint density at radius 2 is 0.846 bits per heavy atom. The van der Waals surface area contributed by atoms with E-state index in [2.05, 4.69) is 0 Å². The molecule has 0 aromatic heterocycles. The molecule has 0 amide bonds. The van der Waals surface area contributed by atoms with Gasteiger partial charge in [-0.2, -0.15) is 0 Å². The monoisotopic (exact) mass is 268 g/mol. The van der Waals surface area contributed by atoms with E-state index in [4.69, 9.17) is 19.6 Å². The molecule has 0 heterocycles. The molecule has 0 bridgehead atoms. The first-order valence-electron chi connectivity index (χ1n) is 1.80. The zero-order valence-electron chi connectivity index (χ0n) is 8.21. The van der Waals surface area contributed by atoms with Crippen LogP contribution in [0, 0.1) is 0 Å². The Labute approximate surface area is 164 Å². The second-order valence-corrected chi connectivity index (χ2v) is 5.26. The van der Waals surface area contributed by atoms with E-state index in [9.17, 15) is 9.13 Å². The average Bonchev–Trinajstić information content (AvgIpc) is 1.14. The molecule has 0 aliphatic carbocycles. The minimum atomic E-state index is -4.55. The van der Waals surface area contributed by atoms with E-state index in [0.717, 1.165) is 0 Å². The molecule has 12 heteroatoms. The average molecular weight is 268 g/mol. The van der Waals surface area contributed by atoms with Crippen molar-refractivity contribution in [3.63, 3.8) is 0 Å². The van der Waals surface area contributed by atoms with Crippen molar-refractivity contribution in [2.75, 3.05) is 5.90 Å². The van der Waals surface area contributed by atoms with Gasteiger partial charge in [0.1, 0.15) is 0 Å². The summed E-state index contributed by atoms with van der Waals surface area (Å²) in [5.41, 5.74) is 0. The van der Waals surface area contributed by atoms with Crippen LogP contribution in [-0.2, 0) is 9.13 Å². The third-order valence-corrected chi connectivity index (χ3v) is 3.32. The summed E-state index contributed by atoms with van der Waals surface area (Å²) < 4.78 is 19.7. The molecule has 0 saturated heterocycles. The van der Waals surface area contributed by atoms with Crippen LogP contribution < -0.4 is 0 Å². The first-order valence-corrected chi connectivity index (χ1v) is 5.39. The zero-order chi connectivity index (χ0) is 7.71. The van der Waals surface area contributed by atoms with Crippen molar-refractivity contribution in [1.82, 2.24) is 0 Å². The first-order chi connectivity index (χ1) is 3.71. The van der Waals surface area contributed by atoms with Crippen LogP contribution in [0.2, 0.25) is 0 Å². The molecule has 0 atom stereocenters. The zero-order valence-corrected chi connectivity index (χ0v) is 18.0. The molecule has 0 saturated carbocycles. The van der Waals surface area contributed by atoms with Gasteiger partial charge in [0.15, 0.2) is 5.90 Å². The van der Waals surface area contributed by atoms with E-state index >= 15 is 0 Å². The van der Waals surface area contributed by atoms with Gasteiger partial charge in [-0.05, 0) is 0 Å². The Kier molecular flexibility index (Phi) is 29.8. The van der Waals surface area contributed by atoms with Crippen LogP contribution in [0.3, 0.4) is 0 Å². The van der Waals surface area contributed by atoms with Gasteiger partial charge in [-0.25, -0.2) is 0 Å². The van der Waals surface area contributed by atoms with Crippen molar-refractivity contribution >= 4 is 133 Å². The fraction of sp³-hybridized carbons (Fsp3) is 1.00. The summed E-state index contributed by atoms with van der Waals surface area (Å²) in [6.45, 7) is 0. The molecule has 6 nitrogen and oxygen atoms in total. The summed E-state index contributed by atoms with van der Waals surface area (Å²) in [5.74, 6) is -1.38. The molecule has 0 fully saturated rings. The molecule has 0 unspecified atom stereocenters. The minimum absolute atomic E-state index is 0. The van der Waals surface area contributed by atoms with Crippen molar-refractivity contribution < 1.29 is 28.7 Å². The molecule has 60 valence electrons. The SMILES string of the molecule is O=P(O)(O)CP(=O)(O)O.[Na].[Na].[Na].[Na]. The van der Waals surface area contributed by atoms with Crippen LogP contribution >= 0.6 is 15.2 Å². The first kappa shape index (κ1) is 30.4. The van der Waals surface area contributed by atoms with Gasteiger partial charge in [-0.3, -0.25) is 9.13 Å². The molecule has 0 aromatic rings. The normalized spacial score (nSPS) is 9.54. The number of hydrogen-bond donors (Lipinski definition) is 4. The Morgan fingerprint density at radius 3 is 0.846 bits per heavy atom. The van der Waals surface area contributed by atoms with Gasteiger partial charge >= 0.3 is 15.2 Å². The van der Waals surface area contributed by atoms with Crippen molar-refractivity contribution in [2.45, 2.75) is 0 Å². The van der Waals surface area contributed by atoms with Crippen LogP contribution in [0.5, 0.6) is 0 Å². The van der Waals surface area contributed by atoms with E-state index in [0.29, 0.717) is 0 Å². The van der Waals surface area contributed by atoms with Gasteiger partial charge in [-0.15, -0.1) is 0 Å². The van der Waals surface area contributed by atoms with Gasteiger partial charge in [-0.1, -0.05) is 0 Å². The predicted molar refractivity (Wildman–Crippen MR) is 52.0 cm³/mol. The van der Waals surface area contributed by atoms with Gasteiger partial charge < -0.3 is 19.6 Å². The van der Waals surface area contributed by atoms with Gasteiger partial charge in [0.25, 0.3) is 0 Å².